The highest BCUT2D eigenvalue weighted by molar-refractivity contribution is 4.67. The van der Waals surface area contributed by atoms with Crippen molar-refractivity contribution in [2.24, 2.45) is 0 Å². The van der Waals surface area contributed by atoms with Crippen LogP contribution in [-0.4, -0.2) is 39.5 Å². The van der Waals surface area contributed by atoms with Crippen molar-refractivity contribution >= 4 is 0 Å². The van der Waals surface area contributed by atoms with Crippen LogP contribution >= 0.6 is 0 Å². The van der Waals surface area contributed by atoms with E-state index in [4.69, 9.17) is 0 Å². The Morgan fingerprint density at radius 2 is 1.92 bits per heavy atom. The molecule has 0 amide bonds. The molecule has 1 aliphatic rings. The summed E-state index contributed by atoms with van der Waals surface area (Å²) in [5.74, 6) is 0. The molecule has 1 fully saturated rings. The molecule has 2 heterocycles. The molecule has 2 rings (SSSR count). The average molecular weight is 180 g/mol. The number of hydrogen-bond donors (Lipinski definition) is 0. The molecule has 4 nitrogen and oxygen atoms in total. The smallest absolute Gasteiger partial charge is 0.0692 e. The van der Waals surface area contributed by atoms with Gasteiger partial charge in [-0.15, -0.1) is 5.10 Å². The molecule has 0 spiro atoms. The SMILES string of the molecule is c1cn(CCN2CCCCC2)nn1. The minimum absolute atomic E-state index is 0.972. The normalized spacial score (nSPS) is 19.1. The van der Waals surface area contributed by atoms with E-state index in [1.54, 1.807) is 6.20 Å². The van der Waals surface area contributed by atoms with Gasteiger partial charge >= 0.3 is 0 Å². The Bertz CT molecular complexity index is 226. The van der Waals surface area contributed by atoms with Gasteiger partial charge in [0.25, 0.3) is 0 Å². The van der Waals surface area contributed by atoms with Crippen LogP contribution in [0.25, 0.3) is 0 Å². The van der Waals surface area contributed by atoms with Gasteiger partial charge in [0.05, 0.1) is 12.7 Å². The van der Waals surface area contributed by atoms with E-state index in [1.807, 2.05) is 10.9 Å². The van der Waals surface area contributed by atoms with Crippen molar-refractivity contribution in [1.82, 2.24) is 19.9 Å². The Hall–Kier alpha value is -0.900. The van der Waals surface area contributed by atoms with Crippen molar-refractivity contribution in [2.75, 3.05) is 19.6 Å². The van der Waals surface area contributed by atoms with Gasteiger partial charge in [-0.3, -0.25) is 4.68 Å². The number of likely N-dealkylation sites (tertiary alicyclic amines) is 1. The highest BCUT2D eigenvalue weighted by Crippen LogP contribution is 2.07. The summed E-state index contributed by atoms with van der Waals surface area (Å²) in [6.45, 7) is 4.60. The third kappa shape index (κ3) is 2.52. The molecule has 0 saturated carbocycles. The number of piperidine rings is 1. The standard InChI is InChI=1S/C9H16N4/c1-2-5-12(6-3-1)8-9-13-7-4-10-11-13/h4,7H,1-3,5-6,8-9H2. The maximum absolute atomic E-state index is 3.94. The highest BCUT2D eigenvalue weighted by Gasteiger charge is 2.09. The van der Waals surface area contributed by atoms with E-state index in [0.717, 1.165) is 13.1 Å². The molecule has 0 N–H and O–H groups in total. The number of aromatic nitrogens is 3. The predicted molar refractivity (Wildman–Crippen MR) is 50.3 cm³/mol. The first-order chi connectivity index (χ1) is 6.45. The zero-order valence-electron chi connectivity index (χ0n) is 7.89. The van der Waals surface area contributed by atoms with E-state index >= 15 is 0 Å². The highest BCUT2D eigenvalue weighted by atomic mass is 15.4. The van der Waals surface area contributed by atoms with Crippen LogP contribution in [0, 0.1) is 0 Å². The summed E-state index contributed by atoms with van der Waals surface area (Å²) in [4.78, 5) is 2.51. The van der Waals surface area contributed by atoms with Gasteiger partial charge in [-0.05, 0) is 25.9 Å². The summed E-state index contributed by atoms with van der Waals surface area (Å²) in [5, 5.41) is 7.72. The van der Waals surface area contributed by atoms with E-state index in [-0.39, 0.29) is 0 Å². The molecule has 4 heteroatoms. The minimum Gasteiger partial charge on any atom is -0.301 e. The first-order valence-corrected chi connectivity index (χ1v) is 5.01. The topological polar surface area (TPSA) is 34.0 Å². The Labute approximate surface area is 78.5 Å². The van der Waals surface area contributed by atoms with Gasteiger partial charge in [0.1, 0.15) is 0 Å². The van der Waals surface area contributed by atoms with Crippen molar-refractivity contribution < 1.29 is 0 Å². The fourth-order valence-corrected chi connectivity index (χ4v) is 1.78. The molecule has 0 aromatic carbocycles. The number of nitrogens with zero attached hydrogens (tertiary/aromatic N) is 4. The second kappa shape index (κ2) is 4.37. The Kier molecular flexibility index (Phi) is 2.92. The van der Waals surface area contributed by atoms with E-state index in [1.165, 1.54) is 32.4 Å². The molecule has 0 unspecified atom stereocenters. The first-order valence-electron chi connectivity index (χ1n) is 5.01. The fourth-order valence-electron chi connectivity index (χ4n) is 1.78. The maximum atomic E-state index is 3.94. The van der Waals surface area contributed by atoms with Gasteiger partial charge in [0.2, 0.25) is 0 Å². The van der Waals surface area contributed by atoms with Gasteiger partial charge in [0.15, 0.2) is 0 Å². The monoisotopic (exact) mass is 180 g/mol. The zero-order chi connectivity index (χ0) is 8.93. The van der Waals surface area contributed by atoms with Crippen LogP contribution in [0.1, 0.15) is 19.3 Å². The second-order valence-electron chi connectivity index (χ2n) is 3.57. The van der Waals surface area contributed by atoms with E-state index in [9.17, 15) is 0 Å². The molecule has 0 radical (unpaired) electrons. The molecular weight excluding hydrogens is 164 g/mol. The summed E-state index contributed by atoms with van der Waals surface area (Å²) in [6.07, 6.45) is 7.77. The summed E-state index contributed by atoms with van der Waals surface area (Å²) in [7, 11) is 0. The summed E-state index contributed by atoms with van der Waals surface area (Å²) in [6, 6.07) is 0. The van der Waals surface area contributed by atoms with Crippen LogP contribution in [0.5, 0.6) is 0 Å². The van der Waals surface area contributed by atoms with Gasteiger partial charge in [-0.1, -0.05) is 11.6 Å². The van der Waals surface area contributed by atoms with Gasteiger partial charge in [0, 0.05) is 12.7 Å². The molecule has 0 atom stereocenters. The molecule has 13 heavy (non-hydrogen) atoms. The lowest BCUT2D eigenvalue weighted by Crippen LogP contribution is -2.32. The molecule has 1 aliphatic heterocycles. The molecule has 1 aromatic rings. The largest absolute Gasteiger partial charge is 0.301 e. The third-order valence-corrected chi connectivity index (χ3v) is 2.57. The average Bonchev–Trinajstić information content (AvgIpc) is 2.69. The lowest BCUT2D eigenvalue weighted by Gasteiger charge is -2.25. The summed E-state index contributed by atoms with van der Waals surface area (Å²) >= 11 is 0. The van der Waals surface area contributed by atoms with Crippen molar-refractivity contribution in [2.45, 2.75) is 25.8 Å². The molecule has 1 aromatic heterocycles. The Morgan fingerprint density at radius 3 is 2.62 bits per heavy atom. The molecular formula is C9H16N4. The van der Waals surface area contributed by atoms with Crippen LogP contribution < -0.4 is 0 Å². The van der Waals surface area contributed by atoms with Crippen LogP contribution in [0.2, 0.25) is 0 Å². The number of rotatable bonds is 3. The van der Waals surface area contributed by atoms with Crippen molar-refractivity contribution in [3.8, 4) is 0 Å². The quantitative estimate of drug-likeness (QED) is 0.688. The maximum Gasteiger partial charge on any atom is 0.0692 e. The molecule has 1 saturated heterocycles. The lowest BCUT2D eigenvalue weighted by molar-refractivity contribution is 0.217. The van der Waals surface area contributed by atoms with Gasteiger partial charge < -0.3 is 4.90 Å². The van der Waals surface area contributed by atoms with Gasteiger partial charge in [-0.25, -0.2) is 0 Å². The fraction of sp³-hybridized carbons (Fsp3) is 0.778. The van der Waals surface area contributed by atoms with Gasteiger partial charge in [-0.2, -0.15) is 0 Å². The van der Waals surface area contributed by atoms with Crippen LogP contribution in [-0.2, 0) is 6.54 Å². The van der Waals surface area contributed by atoms with E-state index < -0.39 is 0 Å². The zero-order valence-corrected chi connectivity index (χ0v) is 7.89. The Morgan fingerprint density at radius 1 is 1.08 bits per heavy atom. The van der Waals surface area contributed by atoms with E-state index in [0.29, 0.717) is 0 Å². The lowest BCUT2D eigenvalue weighted by atomic mass is 10.1. The van der Waals surface area contributed by atoms with Crippen molar-refractivity contribution in [3.63, 3.8) is 0 Å². The molecule has 0 bridgehead atoms. The minimum atomic E-state index is 0.972. The van der Waals surface area contributed by atoms with Crippen molar-refractivity contribution in [1.29, 1.82) is 0 Å². The predicted octanol–water partition coefficient (Wildman–Crippen LogP) is 0.764. The van der Waals surface area contributed by atoms with E-state index in [2.05, 4.69) is 15.2 Å². The third-order valence-electron chi connectivity index (χ3n) is 2.57. The Balaban J connectivity index is 1.72. The van der Waals surface area contributed by atoms with Crippen LogP contribution in [0.4, 0.5) is 0 Å². The van der Waals surface area contributed by atoms with Crippen LogP contribution in [0.15, 0.2) is 12.4 Å². The summed E-state index contributed by atoms with van der Waals surface area (Å²) in [5.41, 5.74) is 0. The van der Waals surface area contributed by atoms with Crippen LogP contribution in [0.3, 0.4) is 0 Å². The first kappa shape index (κ1) is 8.69. The molecule has 72 valence electrons. The second-order valence-corrected chi connectivity index (χ2v) is 3.57. The number of hydrogen-bond acceptors (Lipinski definition) is 3. The van der Waals surface area contributed by atoms with Crippen molar-refractivity contribution in [3.05, 3.63) is 12.4 Å². The molecule has 0 aliphatic carbocycles. The summed E-state index contributed by atoms with van der Waals surface area (Å²) < 4.78 is 1.90.